The SMILES string of the molecule is c1cc(N(C2CC2)C2CCN(Cc3cncn3C3CC3)CC2)ncn1. The van der Waals surface area contributed by atoms with Crippen LogP contribution >= 0.6 is 0 Å². The molecule has 0 atom stereocenters. The lowest BCUT2D eigenvalue weighted by Crippen LogP contribution is -2.46. The molecule has 0 spiro atoms. The first-order valence-electron chi connectivity index (χ1n) is 9.66. The Morgan fingerprint density at radius 1 is 1.00 bits per heavy atom. The summed E-state index contributed by atoms with van der Waals surface area (Å²) in [5.41, 5.74) is 1.38. The van der Waals surface area contributed by atoms with Gasteiger partial charge in [0.1, 0.15) is 12.1 Å². The molecule has 0 amide bonds. The van der Waals surface area contributed by atoms with Crippen LogP contribution in [0.1, 0.15) is 50.3 Å². The monoisotopic (exact) mass is 338 g/mol. The van der Waals surface area contributed by atoms with Crippen molar-refractivity contribution in [3.05, 3.63) is 36.8 Å². The zero-order chi connectivity index (χ0) is 16.6. The lowest BCUT2D eigenvalue weighted by atomic mass is 10.0. The second-order valence-electron chi connectivity index (χ2n) is 7.74. The number of likely N-dealkylation sites (tertiary alicyclic amines) is 1. The van der Waals surface area contributed by atoms with E-state index < -0.39 is 0 Å². The lowest BCUT2D eigenvalue weighted by molar-refractivity contribution is 0.196. The summed E-state index contributed by atoms with van der Waals surface area (Å²) in [5.74, 6) is 1.11. The van der Waals surface area contributed by atoms with Crippen molar-refractivity contribution >= 4 is 5.82 Å². The molecule has 1 saturated heterocycles. The van der Waals surface area contributed by atoms with Crippen LogP contribution in [0.5, 0.6) is 0 Å². The summed E-state index contributed by atoms with van der Waals surface area (Å²) in [5, 5.41) is 0. The van der Waals surface area contributed by atoms with Gasteiger partial charge < -0.3 is 9.47 Å². The van der Waals surface area contributed by atoms with E-state index in [9.17, 15) is 0 Å². The Balaban J connectivity index is 1.22. The van der Waals surface area contributed by atoms with Gasteiger partial charge in [0, 0.05) is 50.2 Å². The molecule has 0 bridgehead atoms. The minimum absolute atomic E-state index is 0.618. The van der Waals surface area contributed by atoms with Crippen molar-refractivity contribution in [1.29, 1.82) is 0 Å². The first kappa shape index (κ1) is 15.3. The first-order valence-corrected chi connectivity index (χ1v) is 9.66. The van der Waals surface area contributed by atoms with Gasteiger partial charge in [-0.15, -0.1) is 0 Å². The minimum atomic E-state index is 0.618. The molecule has 6 heteroatoms. The van der Waals surface area contributed by atoms with E-state index in [1.54, 1.807) is 6.33 Å². The first-order chi connectivity index (χ1) is 12.4. The molecule has 3 aliphatic rings. The van der Waals surface area contributed by atoms with Crippen molar-refractivity contribution in [2.75, 3.05) is 18.0 Å². The van der Waals surface area contributed by atoms with E-state index in [1.165, 1.54) is 44.2 Å². The third-order valence-corrected chi connectivity index (χ3v) is 5.79. The van der Waals surface area contributed by atoms with E-state index in [4.69, 9.17) is 0 Å². The van der Waals surface area contributed by atoms with Crippen LogP contribution in [0.15, 0.2) is 31.1 Å². The molecule has 132 valence electrons. The summed E-state index contributed by atoms with van der Waals surface area (Å²) < 4.78 is 2.39. The molecule has 0 radical (unpaired) electrons. The second kappa shape index (κ2) is 6.41. The predicted octanol–water partition coefficient (Wildman–Crippen LogP) is 2.64. The average Bonchev–Trinajstić information content (AvgIpc) is 3.58. The third-order valence-electron chi connectivity index (χ3n) is 5.79. The fraction of sp³-hybridized carbons (Fsp3) is 0.632. The van der Waals surface area contributed by atoms with Crippen LogP contribution in [-0.4, -0.2) is 49.6 Å². The van der Waals surface area contributed by atoms with Crippen LogP contribution < -0.4 is 4.90 Å². The van der Waals surface area contributed by atoms with Crippen LogP contribution in [0.3, 0.4) is 0 Å². The summed E-state index contributed by atoms with van der Waals surface area (Å²) >= 11 is 0. The normalized spacial score (nSPS) is 22.2. The Morgan fingerprint density at radius 2 is 1.80 bits per heavy atom. The number of aromatic nitrogens is 4. The number of hydrogen-bond acceptors (Lipinski definition) is 5. The van der Waals surface area contributed by atoms with Crippen molar-refractivity contribution in [3.8, 4) is 0 Å². The number of anilines is 1. The van der Waals surface area contributed by atoms with E-state index >= 15 is 0 Å². The Morgan fingerprint density at radius 3 is 2.48 bits per heavy atom. The third kappa shape index (κ3) is 3.27. The van der Waals surface area contributed by atoms with Crippen LogP contribution in [-0.2, 0) is 6.54 Å². The van der Waals surface area contributed by atoms with Crippen LogP contribution in [0, 0.1) is 0 Å². The Labute approximate surface area is 148 Å². The van der Waals surface area contributed by atoms with Gasteiger partial charge in [-0.1, -0.05) is 0 Å². The zero-order valence-electron chi connectivity index (χ0n) is 14.7. The Bertz CT molecular complexity index is 698. The second-order valence-corrected chi connectivity index (χ2v) is 7.74. The maximum absolute atomic E-state index is 4.52. The van der Waals surface area contributed by atoms with E-state index in [0.717, 1.165) is 31.5 Å². The average molecular weight is 338 g/mol. The Kier molecular flexibility index (Phi) is 3.93. The number of nitrogens with zero attached hydrogens (tertiary/aromatic N) is 6. The smallest absolute Gasteiger partial charge is 0.132 e. The standard InChI is InChI=1S/C19H26N6/c1-2-15(1)24-14-21-11-18(24)12-23-9-6-17(7-10-23)25(16-3-4-16)19-5-8-20-13-22-19/h5,8,11,13-17H,1-4,6-7,9-10,12H2. The molecule has 0 unspecified atom stereocenters. The van der Waals surface area contributed by atoms with Gasteiger partial charge >= 0.3 is 0 Å². The van der Waals surface area contributed by atoms with E-state index in [-0.39, 0.29) is 0 Å². The van der Waals surface area contributed by atoms with Gasteiger partial charge in [-0.3, -0.25) is 4.90 Å². The summed E-state index contributed by atoms with van der Waals surface area (Å²) in [4.78, 5) is 18.2. The van der Waals surface area contributed by atoms with E-state index in [2.05, 4.69) is 41.6 Å². The van der Waals surface area contributed by atoms with Gasteiger partial charge in [0.2, 0.25) is 0 Å². The summed E-state index contributed by atoms with van der Waals surface area (Å²) in [6.07, 6.45) is 15.3. The number of rotatable bonds is 6. The number of piperidine rings is 1. The number of hydrogen-bond donors (Lipinski definition) is 0. The molecule has 0 N–H and O–H groups in total. The highest BCUT2D eigenvalue weighted by Gasteiger charge is 2.36. The molecule has 5 rings (SSSR count). The largest absolute Gasteiger partial charge is 0.350 e. The minimum Gasteiger partial charge on any atom is -0.350 e. The molecule has 25 heavy (non-hydrogen) atoms. The molecule has 3 fully saturated rings. The molecular weight excluding hydrogens is 312 g/mol. The van der Waals surface area contributed by atoms with Crippen molar-refractivity contribution in [1.82, 2.24) is 24.4 Å². The molecule has 2 saturated carbocycles. The highest BCUT2D eigenvalue weighted by Crippen LogP contribution is 2.37. The summed E-state index contributed by atoms with van der Waals surface area (Å²) in [6.45, 7) is 3.36. The van der Waals surface area contributed by atoms with Crippen LogP contribution in [0.25, 0.3) is 0 Å². The zero-order valence-corrected chi connectivity index (χ0v) is 14.7. The molecule has 2 aliphatic carbocycles. The fourth-order valence-corrected chi connectivity index (χ4v) is 4.18. The molecule has 0 aromatic carbocycles. The molecule has 6 nitrogen and oxygen atoms in total. The maximum atomic E-state index is 4.52. The van der Waals surface area contributed by atoms with Gasteiger partial charge in [-0.25, -0.2) is 15.0 Å². The molecular formula is C19H26N6. The highest BCUT2D eigenvalue weighted by atomic mass is 15.3. The molecule has 2 aromatic heterocycles. The maximum Gasteiger partial charge on any atom is 0.132 e. The van der Waals surface area contributed by atoms with Crippen molar-refractivity contribution in [2.45, 2.75) is 63.2 Å². The van der Waals surface area contributed by atoms with Crippen molar-refractivity contribution in [2.24, 2.45) is 0 Å². The van der Waals surface area contributed by atoms with Gasteiger partial charge in [-0.05, 0) is 44.6 Å². The van der Waals surface area contributed by atoms with Crippen LogP contribution in [0.2, 0.25) is 0 Å². The van der Waals surface area contributed by atoms with Gasteiger partial charge in [-0.2, -0.15) is 0 Å². The topological polar surface area (TPSA) is 50.1 Å². The van der Waals surface area contributed by atoms with Gasteiger partial charge in [0.15, 0.2) is 0 Å². The van der Waals surface area contributed by atoms with Gasteiger partial charge in [0.25, 0.3) is 0 Å². The highest BCUT2D eigenvalue weighted by molar-refractivity contribution is 5.41. The van der Waals surface area contributed by atoms with E-state index in [1.807, 2.05) is 12.5 Å². The molecule has 1 aliphatic heterocycles. The van der Waals surface area contributed by atoms with Crippen molar-refractivity contribution in [3.63, 3.8) is 0 Å². The van der Waals surface area contributed by atoms with Crippen molar-refractivity contribution < 1.29 is 0 Å². The predicted molar refractivity (Wildman–Crippen MR) is 96.3 cm³/mol. The van der Waals surface area contributed by atoms with Gasteiger partial charge in [0.05, 0.1) is 12.0 Å². The molecule has 3 heterocycles. The summed E-state index contributed by atoms with van der Waals surface area (Å²) in [6, 6.07) is 4.10. The van der Waals surface area contributed by atoms with E-state index in [0.29, 0.717) is 12.1 Å². The molecule has 2 aromatic rings. The summed E-state index contributed by atoms with van der Waals surface area (Å²) in [7, 11) is 0. The number of imidazole rings is 1. The fourth-order valence-electron chi connectivity index (χ4n) is 4.18. The van der Waals surface area contributed by atoms with Crippen LogP contribution in [0.4, 0.5) is 5.82 Å². The quantitative estimate of drug-likeness (QED) is 0.810. The lowest BCUT2D eigenvalue weighted by Gasteiger charge is -2.39. The Hall–Kier alpha value is -1.95.